The van der Waals surface area contributed by atoms with Crippen LogP contribution in [0.3, 0.4) is 0 Å². The van der Waals surface area contributed by atoms with E-state index in [4.69, 9.17) is 5.11 Å². The average Bonchev–Trinajstić information content (AvgIpc) is 2.42. The van der Waals surface area contributed by atoms with Gasteiger partial charge in [0.1, 0.15) is 5.82 Å². The highest BCUT2D eigenvalue weighted by Crippen LogP contribution is 2.17. The predicted octanol–water partition coefficient (Wildman–Crippen LogP) is 3.10. The van der Waals surface area contributed by atoms with Gasteiger partial charge in [0.05, 0.1) is 5.56 Å². The molecular formula is C14H11BrN2O3. The summed E-state index contributed by atoms with van der Waals surface area (Å²) in [5.41, 5.74) is 1.44. The number of pyridine rings is 1. The fourth-order valence-electron chi connectivity index (χ4n) is 1.62. The van der Waals surface area contributed by atoms with Crippen LogP contribution in [0.1, 0.15) is 26.3 Å². The molecule has 2 aromatic rings. The van der Waals surface area contributed by atoms with Gasteiger partial charge < -0.3 is 10.4 Å². The van der Waals surface area contributed by atoms with Gasteiger partial charge in [0.2, 0.25) is 0 Å². The third-order valence-corrected chi connectivity index (χ3v) is 3.19. The maximum atomic E-state index is 12.1. The number of hydrogen-bond acceptors (Lipinski definition) is 3. The Labute approximate surface area is 123 Å². The molecule has 0 aliphatic rings. The van der Waals surface area contributed by atoms with E-state index in [0.29, 0.717) is 11.4 Å². The molecule has 0 aliphatic carbocycles. The number of aromatic nitrogens is 1. The van der Waals surface area contributed by atoms with E-state index in [-0.39, 0.29) is 11.5 Å². The molecule has 1 aromatic carbocycles. The Morgan fingerprint density at radius 1 is 1.25 bits per heavy atom. The van der Waals surface area contributed by atoms with Crippen molar-refractivity contribution < 1.29 is 14.7 Å². The molecule has 0 radical (unpaired) electrons. The number of carbonyl (C=O) groups excluding carboxylic acids is 1. The first-order valence-electron chi connectivity index (χ1n) is 5.74. The van der Waals surface area contributed by atoms with E-state index in [9.17, 15) is 9.59 Å². The van der Waals surface area contributed by atoms with Crippen LogP contribution >= 0.6 is 15.9 Å². The van der Waals surface area contributed by atoms with E-state index in [0.717, 1.165) is 10.0 Å². The van der Waals surface area contributed by atoms with E-state index >= 15 is 0 Å². The van der Waals surface area contributed by atoms with Crippen molar-refractivity contribution in [1.82, 2.24) is 4.98 Å². The Morgan fingerprint density at radius 3 is 2.60 bits per heavy atom. The Balaban J connectivity index is 2.19. The number of amides is 1. The lowest BCUT2D eigenvalue weighted by Crippen LogP contribution is -2.14. The highest BCUT2D eigenvalue weighted by molar-refractivity contribution is 9.10. The molecule has 0 saturated carbocycles. The average molecular weight is 335 g/mol. The second kappa shape index (κ2) is 5.83. The number of aryl methyl sites for hydroxylation is 1. The number of benzene rings is 1. The van der Waals surface area contributed by atoms with Crippen molar-refractivity contribution in [1.29, 1.82) is 0 Å². The first-order valence-corrected chi connectivity index (χ1v) is 6.53. The van der Waals surface area contributed by atoms with Gasteiger partial charge in [-0.15, -0.1) is 0 Å². The van der Waals surface area contributed by atoms with Crippen molar-refractivity contribution in [2.45, 2.75) is 6.92 Å². The number of carboxylic acids is 1. The molecule has 1 heterocycles. The van der Waals surface area contributed by atoms with Gasteiger partial charge in [0.25, 0.3) is 5.91 Å². The highest BCUT2D eigenvalue weighted by atomic mass is 79.9. The number of nitrogens with one attached hydrogen (secondary N) is 1. The van der Waals surface area contributed by atoms with E-state index in [2.05, 4.69) is 26.2 Å². The van der Waals surface area contributed by atoms with Crippen molar-refractivity contribution in [3.05, 3.63) is 57.7 Å². The monoisotopic (exact) mass is 334 g/mol. The third-order valence-electron chi connectivity index (χ3n) is 2.70. The van der Waals surface area contributed by atoms with Crippen LogP contribution in [-0.2, 0) is 0 Å². The number of nitrogens with zero attached hydrogens (tertiary/aromatic N) is 1. The molecule has 6 heteroatoms. The van der Waals surface area contributed by atoms with Crippen molar-refractivity contribution in [3.63, 3.8) is 0 Å². The van der Waals surface area contributed by atoms with Crippen LogP contribution < -0.4 is 5.32 Å². The summed E-state index contributed by atoms with van der Waals surface area (Å²) in [6.07, 6.45) is 1.20. The smallest absolute Gasteiger partial charge is 0.337 e. The summed E-state index contributed by atoms with van der Waals surface area (Å²) in [6.45, 7) is 1.84. The minimum absolute atomic E-state index is 0.0710. The van der Waals surface area contributed by atoms with Gasteiger partial charge in [-0.1, -0.05) is 22.0 Å². The summed E-state index contributed by atoms with van der Waals surface area (Å²) in [4.78, 5) is 26.7. The zero-order valence-corrected chi connectivity index (χ0v) is 12.1. The normalized spacial score (nSPS) is 10.1. The second-order valence-corrected chi connectivity index (χ2v) is 5.07. The Hall–Kier alpha value is -2.21. The van der Waals surface area contributed by atoms with Gasteiger partial charge in [-0.2, -0.15) is 0 Å². The number of halogens is 1. The molecule has 20 heavy (non-hydrogen) atoms. The Kier molecular flexibility index (Phi) is 4.14. The van der Waals surface area contributed by atoms with Crippen LogP contribution in [0.4, 0.5) is 5.82 Å². The van der Waals surface area contributed by atoms with E-state index in [1.807, 2.05) is 19.1 Å². The molecular weight excluding hydrogens is 324 g/mol. The number of carbonyl (C=O) groups is 2. The molecule has 1 amide bonds. The van der Waals surface area contributed by atoms with Crippen LogP contribution in [0, 0.1) is 6.92 Å². The number of aromatic carboxylic acids is 1. The van der Waals surface area contributed by atoms with Crippen LogP contribution in [0.25, 0.3) is 0 Å². The molecule has 0 aliphatic heterocycles. The van der Waals surface area contributed by atoms with Crippen LogP contribution in [-0.4, -0.2) is 22.0 Å². The molecule has 0 unspecified atom stereocenters. The van der Waals surface area contributed by atoms with Gasteiger partial charge in [-0.05, 0) is 36.8 Å². The number of hydrogen-bond donors (Lipinski definition) is 2. The molecule has 5 nitrogen and oxygen atoms in total. The molecule has 0 spiro atoms. The first kappa shape index (κ1) is 14.2. The summed E-state index contributed by atoms with van der Waals surface area (Å²) in [5.74, 6) is -1.04. The van der Waals surface area contributed by atoms with Crippen molar-refractivity contribution in [2.24, 2.45) is 0 Å². The zero-order valence-electron chi connectivity index (χ0n) is 10.6. The number of carboxylic acid groups (broad SMARTS) is 1. The zero-order chi connectivity index (χ0) is 14.7. The Bertz CT molecular complexity index is 669. The summed E-state index contributed by atoms with van der Waals surface area (Å²) < 4.78 is 0.808. The third kappa shape index (κ3) is 3.21. The van der Waals surface area contributed by atoms with Crippen LogP contribution in [0.15, 0.2) is 41.0 Å². The fraction of sp³-hybridized carbons (Fsp3) is 0.0714. The maximum absolute atomic E-state index is 12.1. The summed E-state index contributed by atoms with van der Waals surface area (Å²) in [5, 5.41) is 11.4. The Morgan fingerprint density at radius 2 is 2.00 bits per heavy atom. The van der Waals surface area contributed by atoms with Gasteiger partial charge in [-0.3, -0.25) is 4.79 Å². The van der Waals surface area contributed by atoms with Crippen molar-refractivity contribution >= 4 is 33.6 Å². The maximum Gasteiger partial charge on any atom is 0.337 e. The topological polar surface area (TPSA) is 79.3 Å². The summed E-state index contributed by atoms with van der Waals surface area (Å²) >= 11 is 3.31. The molecule has 0 bridgehead atoms. The molecule has 0 atom stereocenters. The van der Waals surface area contributed by atoms with Crippen molar-refractivity contribution in [2.75, 3.05) is 5.32 Å². The molecule has 0 saturated heterocycles. The van der Waals surface area contributed by atoms with Crippen LogP contribution in [0.2, 0.25) is 0 Å². The standard InChI is InChI=1S/C14H11BrN2O3/c1-8-2-4-10(15)6-11(8)13(18)17-12-5-3-9(7-16-12)14(19)20/h2-7H,1H3,(H,19,20)(H,16,17,18). The van der Waals surface area contributed by atoms with Crippen molar-refractivity contribution in [3.8, 4) is 0 Å². The quantitative estimate of drug-likeness (QED) is 0.903. The second-order valence-electron chi connectivity index (χ2n) is 4.15. The van der Waals surface area contributed by atoms with E-state index < -0.39 is 5.97 Å². The lowest BCUT2D eigenvalue weighted by molar-refractivity contribution is 0.0696. The fourth-order valence-corrected chi connectivity index (χ4v) is 1.98. The van der Waals surface area contributed by atoms with Gasteiger partial charge in [0, 0.05) is 16.2 Å². The minimum atomic E-state index is -1.06. The molecule has 2 rings (SSSR count). The first-order chi connectivity index (χ1) is 9.47. The highest BCUT2D eigenvalue weighted by Gasteiger charge is 2.11. The predicted molar refractivity (Wildman–Crippen MR) is 78.0 cm³/mol. The van der Waals surface area contributed by atoms with Gasteiger partial charge in [0.15, 0.2) is 0 Å². The summed E-state index contributed by atoms with van der Waals surface area (Å²) in [7, 11) is 0. The van der Waals surface area contributed by atoms with E-state index in [1.54, 1.807) is 6.07 Å². The number of anilines is 1. The minimum Gasteiger partial charge on any atom is -0.478 e. The number of rotatable bonds is 3. The lowest BCUT2D eigenvalue weighted by Gasteiger charge is -2.07. The van der Waals surface area contributed by atoms with Gasteiger partial charge in [-0.25, -0.2) is 9.78 Å². The van der Waals surface area contributed by atoms with Crippen LogP contribution in [0.5, 0.6) is 0 Å². The molecule has 1 aromatic heterocycles. The summed E-state index contributed by atoms with van der Waals surface area (Å²) in [6, 6.07) is 8.25. The lowest BCUT2D eigenvalue weighted by atomic mass is 10.1. The molecule has 2 N–H and O–H groups in total. The van der Waals surface area contributed by atoms with E-state index in [1.165, 1.54) is 18.3 Å². The van der Waals surface area contributed by atoms with Gasteiger partial charge >= 0.3 is 5.97 Å². The molecule has 0 fully saturated rings. The SMILES string of the molecule is Cc1ccc(Br)cc1C(=O)Nc1ccc(C(=O)O)cn1. The molecule has 102 valence electrons. The largest absolute Gasteiger partial charge is 0.478 e.